The van der Waals surface area contributed by atoms with E-state index < -0.39 is 17.9 Å². The monoisotopic (exact) mass is 371 g/mol. The van der Waals surface area contributed by atoms with Crippen LogP contribution in [-0.4, -0.2) is 37.1 Å². The van der Waals surface area contributed by atoms with Gasteiger partial charge in [-0.1, -0.05) is 30.3 Å². The topological polar surface area (TPSA) is 94.7 Å². The molecule has 2 rings (SSSR count). The molecule has 0 spiro atoms. The maximum Gasteiger partial charge on any atom is 0.355 e. The van der Waals surface area contributed by atoms with E-state index in [1.54, 1.807) is 6.92 Å². The van der Waals surface area contributed by atoms with Gasteiger partial charge in [0.25, 0.3) is 0 Å². The summed E-state index contributed by atoms with van der Waals surface area (Å²) >= 11 is 0. The molecule has 1 aromatic carbocycles. The standard InChI is InChI=1S/C20H21NO6/c1-13-15(11-18(23)26-3)16(9-10-17(22)25-2)21-19(13)20(24)27-12-14-7-5-4-6-8-14/h4-10,21H,11-12H2,1-3H3/b10-9+. The minimum absolute atomic E-state index is 0.0500. The zero-order chi connectivity index (χ0) is 19.8. The number of nitrogens with one attached hydrogen (secondary N) is 1. The van der Waals surface area contributed by atoms with Crippen molar-refractivity contribution in [2.24, 2.45) is 0 Å². The number of H-pyrrole nitrogens is 1. The fraction of sp³-hybridized carbons (Fsp3) is 0.250. The lowest BCUT2D eigenvalue weighted by Crippen LogP contribution is -2.08. The minimum Gasteiger partial charge on any atom is -0.469 e. The van der Waals surface area contributed by atoms with Crippen molar-refractivity contribution >= 4 is 24.0 Å². The molecule has 0 saturated heterocycles. The molecule has 1 aromatic heterocycles. The van der Waals surface area contributed by atoms with Gasteiger partial charge in [0.05, 0.1) is 20.6 Å². The Hall–Kier alpha value is -3.35. The molecule has 0 aliphatic rings. The molecule has 0 radical (unpaired) electrons. The predicted molar refractivity (Wildman–Crippen MR) is 97.9 cm³/mol. The van der Waals surface area contributed by atoms with E-state index in [9.17, 15) is 14.4 Å². The molecule has 0 aliphatic heterocycles. The highest BCUT2D eigenvalue weighted by Crippen LogP contribution is 2.22. The average molecular weight is 371 g/mol. The van der Waals surface area contributed by atoms with Crippen molar-refractivity contribution in [2.75, 3.05) is 14.2 Å². The largest absolute Gasteiger partial charge is 0.469 e. The second-order valence-electron chi connectivity index (χ2n) is 5.69. The molecule has 7 heteroatoms. The number of benzene rings is 1. The van der Waals surface area contributed by atoms with E-state index in [2.05, 4.69) is 9.72 Å². The molecule has 0 bridgehead atoms. The van der Waals surface area contributed by atoms with E-state index in [-0.39, 0.29) is 18.7 Å². The van der Waals surface area contributed by atoms with Crippen LogP contribution in [0, 0.1) is 6.92 Å². The molecule has 27 heavy (non-hydrogen) atoms. The van der Waals surface area contributed by atoms with Gasteiger partial charge in [0.2, 0.25) is 0 Å². The Morgan fingerprint density at radius 2 is 1.78 bits per heavy atom. The van der Waals surface area contributed by atoms with Crippen molar-refractivity contribution in [1.82, 2.24) is 4.98 Å². The first-order valence-corrected chi connectivity index (χ1v) is 8.21. The lowest BCUT2D eigenvalue weighted by molar-refractivity contribution is -0.139. The van der Waals surface area contributed by atoms with Crippen LogP contribution in [0.15, 0.2) is 36.4 Å². The summed E-state index contributed by atoms with van der Waals surface area (Å²) in [7, 11) is 2.54. The molecule has 0 fully saturated rings. The van der Waals surface area contributed by atoms with Gasteiger partial charge in [-0.15, -0.1) is 0 Å². The van der Waals surface area contributed by atoms with Gasteiger partial charge in [-0.2, -0.15) is 0 Å². The summed E-state index contributed by atoms with van der Waals surface area (Å²) in [6, 6.07) is 9.28. The summed E-state index contributed by atoms with van der Waals surface area (Å²) in [5.41, 5.74) is 2.62. The Morgan fingerprint density at radius 3 is 2.41 bits per heavy atom. The second kappa shape index (κ2) is 9.38. The number of aromatic amines is 1. The van der Waals surface area contributed by atoms with Crippen LogP contribution in [0.1, 0.15) is 32.9 Å². The van der Waals surface area contributed by atoms with Gasteiger partial charge in [-0.05, 0) is 29.7 Å². The molecule has 0 atom stereocenters. The fourth-order valence-electron chi connectivity index (χ4n) is 2.46. The average Bonchev–Trinajstić information content (AvgIpc) is 3.00. The first-order chi connectivity index (χ1) is 13.0. The van der Waals surface area contributed by atoms with Crippen molar-refractivity contribution in [1.29, 1.82) is 0 Å². The lowest BCUT2D eigenvalue weighted by atomic mass is 10.1. The highest BCUT2D eigenvalue weighted by Gasteiger charge is 2.21. The third-order valence-electron chi connectivity index (χ3n) is 3.97. The van der Waals surface area contributed by atoms with Gasteiger partial charge in [-0.3, -0.25) is 4.79 Å². The number of hydrogen-bond acceptors (Lipinski definition) is 6. The van der Waals surface area contributed by atoms with Crippen molar-refractivity contribution in [3.05, 3.63) is 64.5 Å². The maximum absolute atomic E-state index is 12.5. The number of rotatable bonds is 7. The van der Waals surface area contributed by atoms with E-state index in [1.165, 1.54) is 26.4 Å². The van der Waals surface area contributed by atoms with Gasteiger partial charge in [0, 0.05) is 11.8 Å². The molecule has 142 valence electrons. The Bertz CT molecular complexity index is 851. The number of ether oxygens (including phenoxy) is 3. The summed E-state index contributed by atoms with van der Waals surface area (Å²) < 4.78 is 14.6. The number of esters is 3. The zero-order valence-corrected chi connectivity index (χ0v) is 15.4. The van der Waals surface area contributed by atoms with Crippen LogP contribution < -0.4 is 0 Å². The van der Waals surface area contributed by atoms with Crippen LogP contribution in [0.25, 0.3) is 6.08 Å². The molecule has 0 amide bonds. The van der Waals surface area contributed by atoms with Crippen LogP contribution in [0.2, 0.25) is 0 Å². The van der Waals surface area contributed by atoms with E-state index in [0.29, 0.717) is 16.8 Å². The van der Waals surface area contributed by atoms with E-state index in [4.69, 9.17) is 9.47 Å². The van der Waals surface area contributed by atoms with Gasteiger partial charge in [-0.25, -0.2) is 9.59 Å². The maximum atomic E-state index is 12.5. The fourth-order valence-corrected chi connectivity index (χ4v) is 2.46. The molecular weight excluding hydrogens is 350 g/mol. The van der Waals surface area contributed by atoms with Crippen LogP contribution in [-0.2, 0) is 36.8 Å². The summed E-state index contributed by atoms with van der Waals surface area (Å²) in [5, 5.41) is 0. The summed E-state index contributed by atoms with van der Waals surface area (Å²) in [4.78, 5) is 38.4. The van der Waals surface area contributed by atoms with Crippen molar-refractivity contribution in [3.63, 3.8) is 0 Å². The van der Waals surface area contributed by atoms with Crippen LogP contribution in [0.4, 0.5) is 0 Å². The molecule has 0 aliphatic carbocycles. The van der Waals surface area contributed by atoms with E-state index in [0.717, 1.165) is 5.56 Å². The summed E-state index contributed by atoms with van der Waals surface area (Å²) in [5.74, 6) is -1.58. The minimum atomic E-state index is -0.556. The van der Waals surface area contributed by atoms with Gasteiger partial charge in [0.1, 0.15) is 12.3 Å². The van der Waals surface area contributed by atoms with Crippen LogP contribution >= 0.6 is 0 Å². The van der Waals surface area contributed by atoms with Crippen LogP contribution in [0.5, 0.6) is 0 Å². The molecule has 2 aromatic rings. The highest BCUT2D eigenvalue weighted by molar-refractivity contribution is 5.92. The highest BCUT2D eigenvalue weighted by atomic mass is 16.5. The molecule has 7 nitrogen and oxygen atoms in total. The van der Waals surface area contributed by atoms with E-state index in [1.807, 2.05) is 30.3 Å². The smallest absolute Gasteiger partial charge is 0.355 e. The van der Waals surface area contributed by atoms with Crippen molar-refractivity contribution < 1.29 is 28.6 Å². The number of methoxy groups -OCH3 is 2. The Morgan fingerprint density at radius 1 is 1.07 bits per heavy atom. The predicted octanol–water partition coefficient (Wildman–Crippen LogP) is 2.58. The number of aromatic nitrogens is 1. The summed E-state index contributed by atoms with van der Waals surface area (Å²) in [6.45, 7) is 1.82. The first-order valence-electron chi connectivity index (χ1n) is 8.21. The van der Waals surface area contributed by atoms with Crippen molar-refractivity contribution in [2.45, 2.75) is 20.0 Å². The first kappa shape index (κ1) is 20.0. The Kier molecular flexibility index (Phi) is 6.93. The van der Waals surface area contributed by atoms with Gasteiger partial charge < -0.3 is 19.2 Å². The third kappa shape index (κ3) is 5.31. The number of carbonyl (C=O) groups is 3. The molecule has 0 unspecified atom stereocenters. The number of carbonyl (C=O) groups excluding carboxylic acids is 3. The third-order valence-corrected chi connectivity index (χ3v) is 3.97. The SMILES string of the molecule is COC(=O)/C=C/c1[nH]c(C(=O)OCc2ccccc2)c(C)c1CC(=O)OC. The Balaban J connectivity index is 2.26. The Labute approximate surface area is 156 Å². The van der Waals surface area contributed by atoms with Crippen LogP contribution in [0.3, 0.4) is 0 Å². The van der Waals surface area contributed by atoms with Gasteiger partial charge >= 0.3 is 17.9 Å². The molecule has 1 N–H and O–H groups in total. The van der Waals surface area contributed by atoms with Crippen molar-refractivity contribution in [3.8, 4) is 0 Å². The van der Waals surface area contributed by atoms with E-state index >= 15 is 0 Å². The van der Waals surface area contributed by atoms with Gasteiger partial charge in [0.15, 0.2) is 0 Å². The zero-order valence-electron chi connectivity index (χ0n) is 15.4. The summed E-state index contributed by atoms with van der Waals surface area (Å²) in [6.07, 6.45) is 2.60. The normalized spacial score (nSPS) is 10.6. The quantitative estimate of drug-likeness (QED) is 0.457. The lowest BCUT2D eigenvalue weighted by Gasteiger charge is -2.05. The molecular formula is C20H21NO6. The molecule has 1 heterocycles. The molecule has 0 saturated carbocycles. The number of hydrogen-bond donors (Lipinski definition) is 1. The second-order valence-corrected chi connectivity index (χ2v) is 5.69.